The predicted molar refractivity (Wildman–Crippen MR) is 97.7 cm³/mol. The molecule has 3 aromatic rings. The van der Waals surface area contributed by atoms with Crippen LogP contribution in [0.25, 0.3) is 10.9 Å². The van der Waals surface area contributed by atoms with Crippen molar-refractivity contribution in [3.8, 4) is 0 Å². The van der Waals surface area contributed by atoms with Crippen LogP contribution in [0.3, 0.4) is 0 Å². The summed E-state index contributed by atoms with van der Waals surface area (Å²) in [4.78, 5) is 39.2. The van der Waals surface area contributed by atoms with Crippen molar-refractivity contribution in [2.45, 2.75) is 13.0 Å². The fraction of sp³-hybridized carbons (Fsp3) is 0.167. The number of amides is 3. The van der Waals surface area contributed by atoms with E-state index in [0.29, 0.717) is 6.54 Å². The first-order valence-electron chi connectivity index (χ1n) is 7.92. The molecule has 0 radical (unpaired) electrons. The van der Waals surface area contributed by atoms with E-state index in [1.54, 1.807) is 6.20 Å². The molecule has 3 amide bonds. The topological polar surface area (TPSA) is 100 Å². The highest BCUT2D eigenvalue weighted by atomic mass is 32.1. The van der Waals surface area contributed by atoms with Crippen LogP contribution in [0, 0.1) is 0 Å². The molecule has 26 heavy (non-hydrogen) atoms. The highest BCUT2D eigenvalue weighted by molar-refractivity contribution is 7.09. The number of carbonyl (C=O) groups excluding carboxylic acids is 3. The normalized spacial score (nSPS) is 10.5. The zero-order valence-electron chi connectivity index (χ0n) is 13.8. The smallest absolute Gasteiger partial charge is 0.321 e. The minimum Gasteiger partial charge on any atom is -0.455 e. The molecule has 0 unspecified atom stereocenters. The number of hydrogen-bond acceptors (Lipinski definition) is 5. The largest absolute Gasteiger partial charge is 0.455 e. The van der Waals surface area contributed by atoms with Crippen molar-refractivity contribution in [1.29, 1.82) is 0 Å². The first kappa shape index (κ1) is 17.7. The molecular formula is C18H17N3O4S. The average Bonchev–Trinajstić information content (AvgIpc) is 3.29. The molecule has 7 nitrogen and oxygen atoms in total. The third-order valence-electron chi connectivity index (χ3n) is 3.63. The molecule has 0 saturated heterocycles. The van der Waals surface area contributed by atoms with Gasteiger partial charge in [-0.3, -0.25) is 14.9 Å². The number of para-hydroxylation sites is 1. The number of aromatic nitrogens is 1. The highest BCUT2D eigenvalue weighted by Crippen LogP contribution is 2.18. The molecule has 0 fully saturated rings. The maximum Gasteiger partial charge on any atom is 0.321 e. The van der Waals surface area contributed by atoms with Gasteiger partial charge in [-0.2, -0.15) is 0 Å². The second-order valence-corrected chi connectivity index (χ2v) is 6.54. The molecule has 134 valence electrons. The Morgan fingerprint density at radius 2 is 1.96 bits per heavy atom. The summed E-state index contributed by atoms with van der Waals surface area (Å²) in [7, 11) is 0. The first-order valence-corrected chi connectivity index (χ1v) is 8.80. The third-order valence-corrected chi connectivity index (χ3v) is 4.51. The number of ether oxygens (including phenoxy) is 1. The van der Waals surface area contributed by atoms with Crippen LogP contribution >= 0.6 is 11.3 Å². The molecule has 3 rings (SSSR count). The van der Waals surface area contributed by atoms with Gasteiger partial charge in [-0.1, -0.05) is 24.3 Å². The van der Waals surface area contributed by atoms with E-state index < -0.39 is 24.5 Å². The van der Waals surface area contributed by atoms with E-state index in [1.165, 1.54) is 11.3 Å². The van der Waals surface area contributed by atoms with Crippen molar-refractivity contribution < 1.29 is 19.1 Å². The van der Waals surface area contributed by atoms with E-state index in [2.05, 4.69) is 15.6 Å². The summed E-state index contributed by atoms with van der Waals surface area (Å²) in [6.07, 6.45) is 1.78. The maximum atomic E-state index is 11.9. The number of carbonyl (C=O) groups is 3. The fourth-order valence-corrected chi connectivity index (χ4v) is 3.06. The van der Waals surface area contributed by atoms with E-state index in [9.17, 15) is 14.4 Å². The third kappa shape index (κ3) is 4.70. The SMILES string of the molecule is O=C(COC(=O)Cc1c[nH]c2ccccc12)NC(=O)NCc1cccs1. The van der Waals surface area contributed by atoms with E-state index in [1.807, 2.05) is 41.8 Å². The van der Waals surface area contributed by atoms with E-state index in [0.717, 1.165) is 21.3 Å². The van der Waals surface area contributed by atoms with E-state index >= 15 is 0 Å². The van der Waals surface area contributed by atoms with Gasteiger partial charge < -0.3 is 15.0 Å². The Kier molecular flexibility index (Phi) is 5.65. The van der Waals surface area contributed by atoms with Gasteiger partial charge in [0.15, 0.2) is 6.61 Å². The molecule has 0 aliphatic carbocycles. The number of nitrogens with one attached hydrogen (secondary N) is 3. The number of hydrogen-bond donors (Lipinski definition) is 3. The maximum absolute atomic E-state index is 11.9. The molecule has 2 heterocycles. The lowest BCUT2D eigenvalue weighted by Gasteiger charge is -2.07. The minimum atomic E-state index is -0.680. The summed E-state index contributed by atoms with van der Waals surface area (Å²) < 4.78 is 4.93. The van der Waals surface area contributed by atoms with Gasteiger partial charge in [0, 0.05) is 22.0 Å². The van der Waals surface area contributed by atoms with Crippen molar-refractivity contribution >= 4 is 40.1 Å². The zero-order valence-corrected chi connectivity index (χ0v) is 14.6. The molecule has 3 N–H and O–H groups in total. The van der Waals surface area contributed by atoms with Crippen molar-refractivity contribution in [2.24, 2.45) is 0 Å². The summed E-state index contributed by atoms with van der Waals surface area (Å²) in [5.74, 6) is -1.22. The summed E-state index contributed by atoms with van der Waals surface area (Å²) in [6, 6.07) is 10.7. The van der Waals surface area contributed by atoms with Crippen LogP contribution in [0.15, 0.2) is 48.0 Å². The van der Waals surface area contributed by atoms with Gasteiger partial charge in [-0.15, -0.1) is 11.3 Å². The van der Waals surface area contributed by atoms with Gasteiger partial charge in [0.05, 0.1) is 13.0 Å². The Morgan fingerprint density at radius 3 is 2.77 bits per heavy atom. The molecule has 2 aromatic heterocycles. The van der Waals surface area contributed by atoms with Crippen LogP contribution in [0.2, 0.25) is 0 Å². The standard InChI is InChI=1S/C18H17N3O4S/c22-16(21-18(24)20-10-13-4-3-7-26-13)11-25-17(23)8-12-9-19-15-6-2-1-5-14(12)15/h1-7,9,19H,8,10-11H2,(H2,20,21,22,24). The minimum absolute atomic E-state index is 0.0435. The van der Waals surface area contributed by atoms with Crippen molar-refractivity contribution in [3.05, 3.63) is 58.4 Å². The number of benzene rings is 1. The fourth-order valence-electron chi connectivity index (χ4n) is 2.42. The summed E-state index contributed by atoms with van der Waals surface area (Å²) in [6.45, 7) is -0.176. The molecule has 0 saturated carbocycles. The van der Waals surface area contributed by atoms with Crippen molar-refractivity contribution in [2.75, 3.05) is 6.61 Å². The molecule has 0 bridgehead atoms. The Hall–Kier alpha value is -3.13. The van der Waals surface area contributed by atoms with Gasteiger partial charge in [-0.25, -0.2) is 4.79 Å². The number of imide groups is 1. The average molecular weight is 371 g/mol. The van der Waals surface area contributed by atoms with Crippen LogP contribution in [0.1, 0.15) is 10.4 Å². The Balaban J connectivity index is 1.41. The van der Waals surface area contributed by atoms with Crippen molar-refractivity contribution in [3.63, 3.8) is 0 Å². The van der Waals surface area contributed by atoms with Gasteiger partial charge in [0.1, 0.15) is 0 Å². The molecule has 0 aliphatic rings. The number of rotatable bonds is 6. The monoisotopic (exact) mass is 371 g/mol. The zero-order chi connectivity index (χ0) is 18.4. The quantitative estimate of drug-likeness (QED) is 0.579. The second kappa shape index (κ2) is 8.30. The first-order chi connectivity index (χ1) is 12.6. The molecule has 0 atom stereocenters. The lowest BCUT2D eigenvalue weighted by molar-refractivity contribution is -0.147. The van der Waals surface area contributed by atoms with Gasteiger partial charge >= 0.3 is 12.0 Å². The number of fused-ring (bicyclic) bond motifs is 1. The number of H-pyrrole nitrogens is 1. The molecule has 0 spiro atoms. The van der Waals surface area contributed by atoms with Crippen LogP contribution < -0.4 is 10.6 Å². The van der Waals surface area contributed by atoms with Crippen LogP contribution in [0.5, 0.6) is 0 Å². The van der Waals surface area contributed by atoms with Gasteiger partial charge in [-0.05, 0) is 23.1 Å². The molecule has 8 heteroatoms. The van der Waals surface area contributed by atoms with Gasteiger partial charge in [0.2, 0.25) is 0 Å². The number of urea groups is 1. The lowest BCUT2D eigenvalue weighted by Crippen LogP contribution is -2.41. The van der Waals surface area contributed by atoms with Crippen LogP contribution in [0.4, 0.5) is 4.79 Å². The van der Waals surface area contributed by atoms with Crippen LogP contribution in [-0.2, 0) is 27.3 Å². The summed E-state index contributed by atoms with van der Waals surface area (Å²) in [5.41, 5.74) is 1.72. The number of thiophene rings is 1. The van der Waals surface area contributed by atoms with E-state index in [4.69, 9.17) is 4.74 Å². The second-order valence-electron chi connectivity index (χ2n) is 5.51. The van der Waals surface area contributed by atoms with Crippen LogP contribution in [-0.4, -0.2) is 29.5 Å². The highest BCUT2D eigenvalue weighted by Gasteiger charge is 2.13. The number of esters is 1. The molecular weight excluding hydrogens is 354 g/mol. The molecule has 1 aromatic carbocycles. The predicted octanol–water partition coefficient (Wildman–Crippen LogP) is 2.34. The summed E-state index contributed by atoms with van der Waals surface area (Å²) >= 11 is 1.50. The Labute approximate surface area is 153 Å². The Bertz CT molecular complexity index is 918. The van der Waals surface area contributed by atoms with Gasteiger partial charge in [0.25, 0.3) is 5.91 Å². The van der Waals surface area contributed by atoms with Crippen molar-refractivity contribution in [1.82, 2.24) is 15.6 Å². The van der Waals surface area contributed by atoms with E-state index in [-0.39, 0.29) is 6.42 Å². The number of aromatic amines is 1. The molecule has 0 aliphatic heterocycles. The lowest BCUT2D eigenvalue weighted by atomic mass is 10.1. The Morgan fingerprint density at radius 1 is 1.12 bits per heavy atom. The summed E-state index contributed by atoms with van der Waals surface area (Å²) in [5, 5.41) is 7.50.